The second-order valence-electron chi connectivity index (χ2n) is 7.93. The van der Waals surface area contributed by atoms with Crippen molar-refractivity contribution in [3.05, 3.63) is 88.2 Å². The summed E-state index contributed by atoms with van der Waals surface area (Å²) in [5, 5.41) is 0.687. The molecule has 0 N–H and O–H groups in total. The average molecular weight is 457 g/mol. The van der Waals surface area contributed by atoms with Gasteiger partial charge in [0, 0.05) is 17.0 Å². The first-order valence-corrected chi connectivity index (χ1v) is 10.8. The summed E-state index contributed by atoms with van der Waals surface area (Å²) in [6, 6.07) is 20.4. The molecule has 1 aliphatic heterocycles. The number of esters is 1. The zero-order valence-corrected chi connectivity index (χ0v) is 19.0. The highest BCUT2D eigenvalue weighted by Gasteiger charge is 2.35. The highest BCUT2D eigenvalue weighted by atomic mass is 16.5. The van der Waals surface area contributed by atoms with Gasteiger partial charge in [-0.3, -0.25) is 14.2 Å². The lowest BCUT2D eigenvalue weighted by molar-refractivity contribution is -0.135. The molecule has 1 atom stereocenters. The Hall–Kier alpha value is -4.26. The first-order valence-electron chi connectivity index (χ1n) is 10.8. The number of nitrogens with zero attached hydrogens (tertiary/aromatic N) is 1. The third kappa shape index (κ3) is 3.37. The van der Waals surface area contributed by atoms with E-state index < -0.39 is 11.9 Å². The average Bonchev–Trinajstić information content (AvgIpc) is 2.88. The van der Waals surface area contributed by atoms with Gasteiger partial charge in [0.05, 0.1) is 38.8 Å². The molecule has 4 aromatic rings. The van der Waals surface area contributed by atoms with Crippen molar-refractivity contribution in [3.8, 4) is 28.7 Å². The van der Waals surface area contributed by atoms with Gasteiger partial charge in [0.25, 0.3) is 5.56 Å². The molecule has 34 heavy (non-hydrogen) atoms. The lowest BCUT2D eigenvalue weighted by atomic mass is 9.85. The normalized spacial score (nSPS) is 14.9. The Bertz CT molecular complexity index is 1430. The highest BCUT2D eigenvalue weighted by molar-refractivity contribution is 5.92. The molecule has 0 spiro atoms. The van der Waals surface area contributed by atoms with E-state index in [1.54, 1.807) is 16.7 Å². The number of ether oxygens (including phenoxy) is 4. The fourth-order valence-corrected chi connectivity index (χ4v) is 4.59. The van der Waals surface area contributed by atoms with Crippen LogP contribution in [0.25, 0.3) is 16.6 Å². The van der Waals surface area contributed by atoms with Gasteiger partial charge in [0.15, 0.2) is 11.5 Å². The van der Waals surface area contributed by atoms with Crippen molar-refractivity contribution in [3.63, 3.8) is 0 Å². The van der Waals surface area contributed by atoms with E-state index in [-0.39, 0.29) is 12.0 Å². The molecule has 0 unspecified atom stereocenters. The fraction of sp³-hybridized carbons (Fsp3) is 0.185. The SMILES string of the molecule is COc1cc([C@@H]2CC(=O)Oc3c2c(=O)n(-c2ccccc2)c2ccccc32)cc(OC)c1OC. The molecule has 0 bridgehead atoms. The van der Waals surface area contributed by atoms with Crippen molar-refractivity contribution in [1.82, 2.24) is 4.57 Å². The van der Waals surface area contributed by atoms with E-state index >= 15 is 0 Å². The number of hydrogen-bond donors (Lipinski definition) is 0. The Morgan fingerprint density at radius 2 is 1.50 bits per heavy atom. The summed E-state index contributed by atoms with van der Waals surface area (Å²) in [6.45, 7) is 0. The summed E-state index contributed by atoms with van der Waals surface area (Å²) < 4.78 is 23.8. The van der Waals surface area contributed by atoms with E-state index in [2.05, 4.69) is 0 Å². The molecule has 172 valence electrons. The predicted octanol–water partition coefficient (Wildman–Crippen LogP) is 4.46. The van der Waals surface area contributed by atoms with E-state index in [9.17, 15) is 9.59 Å². The van der Waals surface area contributed by atoms with E-state index in [0.29, 0.717) is 45.0 Å². The zero-order chi connectivity index (χ0) is 23.8. The number of aromatic nitrogens is 1. The Balaban J connectivity index is 1.84. The lowest BCUT2D eigenvalue weighted by Gasteiger charge is -2.27. The molecule has 0 amide bonds. The van der Waals surface area contributed by atoms with Gasteiger partial charge in [-0.2, -0.15) is 0 Å². The second-order valence-corrected chi connectivity index (χ2v) is 7.93. The summed E-state index contributed by atoms with van der Waals surface area (Å²) in [4.78, 5) is 26.8. The Morgan fingerprint density at radius 1 is 0.853 bits per heavy atom. The first-order chi connectivity index (χ1) is 16.6. The molecule has 0 fully saturated rings. The Labute approximate surface area is 196 Å². The van der Waals surface area contributed by atoms with Crippen LogP contribution < -0.4 is 24.5 Å². The van der Waals surface area contributed by atoms with Crippen molar-refractivity contribution in [2.75, 3.05) is 21.3 Å². The molecule has 3 aromatic carbocycles. The van der Waals surface area contributed by atoms with Crippen LogP contribution in [0.15, 0.2) is 71.5 Å². The van der Waals surface area contributed by atoms with Crippen LogP contribution in [-0.4, -0.2) is 31.9 Å². The molecule has 0 radical (unpaired) electrons. The molecule has 1 aromatic heterocycles. The minimum absolute atomic E-state index is 0.00794. The summed E-state index contributed by atoms with van der Waals surface area (Å²) in [7, 11) is 4.58. The number of para-hydroxylation sites is 2. The number of methoxy groups -OCH3 is 3. The van der Waals surface area contributed by atoms with Gasteiger partial charge in [-0.25, -0.2) is 0 Å². The van der Waals surface area contributed by atoms with Gasteiger partial charge in [0.2, 0.25) is 5.75 Å². The summed E-state index contributed by atoms with van der Waals surface area (Å²) in [6.07, 6.45) is 0.00794. The van der Waals surface area contributed by atoms with Crippen LogP contribution in [0.4, 0.5) is 0 Å². The highest BCUT2D eigenvalue weighted by Crippen LogP contribution is 2.46. The van der Waals surface area contributed by atoms with Gasteiger partial charge in [-0.05, 0) is 42.0 Å². The summed E-state index contributed by atoms with van der Waals surface area (Å²) in [5.41, 5.74) is 2.25. The van der Waals surface area contributed by atoms with Crippen molar-refractivity contribution in [2.45, 2.75) is 12.3 Å². The molecule has 5 rings (SSSR count). The minimum Gasteiger partial charge on any atom is -0.493 e. The largest absolute Gasteiger partial charge is 0.493 e. The van der Waals surface area contributed by atoms with Crippen molar-refractivity contribution >= 4 is 16.9 Å². The number of benzene rings is 3. The van der Waals surface area contributed by atoms with Gasteiger partial charge in [0.1, 0.15) is 5.75 Å². The molecule has 0 aliphatic carbocycles. The van der Waals surface area contributed by atoms with Crippen LogP contribution in [0.3, 0.4) is 0 Å². The van der Waals surface area contributed by atoms with Crippen LogP contribution in [0.5, 0.6) is 23.0 Å². The van der Waals surface area contributed by atoms with Crippen molar-refractivity contribution in [1.29, 1.82) is 0 Å². The lowest BCUT2D eigenvalue weighted by Crippen LogP contribution is -2.32. The quantitative estimate of drug-likeness (QED) is 0.412. The molecule has 0 saturated heterocycles. The van der Waals surface area contributed by atoms with Gasteiger partial charge >= 0.3 is 5.97 Å². The minimum atomic E-state index is -0.558. The zero-order valence-electron chi connectivity index (χ0n) is 19.0. The smallest absolute Gasteiger partial charge is 0.312 e. The Kier molecular flexibility index (Phi) is 5.45. The first kappa shape index (κ1) is 21.6. The van der Waals surface area contributed by atoms with E-state index in [0.717, 1.165) is 5.69 Å². The van der Waals surface area contributed by atoms with Crippen molar-refractivity contribution < 1.29 is 23.7 Å². The fourth-order valence-electron chi connectivity index (χ4n) is 4.59. The Morgan fingerprint density at radius 3 is 2.15 bits per heavy atom. The number of rotatable bonds is 5. The second kappa shape index (κ2) is 8.59. The summed E-state index contributed by atoms with van der Waals surface area (Å²) in [5.74, 6) is 0.656. The standard InChI is InChI=1S/C27H23NO6/c1-31-21-13-16(14-22(32-2)26(21)33-3)19-15-23(29)34-25-18-11-7-8-12-20(18)28(27(30)24(19)25)17-9-5-4-6-10-17/h4-14,19H,15H2,1-3H3/t19-/m0/s1. The van der Waals surface area contributed by atoms with Gasteiger partial charge in [-0.1, -0.05) is 30.3 Å². The maximum absolute atomic E-state index is 14.0. The van der Waals surface area contributed by atoms with E-state index in [4.69, 9.17) is 18.9 Å². The molecule has 7 nitrogen and oxygen atoms in total. The number of carbonyl (C=O) groups excluding carboxylic acids is 1. The van der Waals surface area contributed by atoms with E-state index in [1.165, 1.54) is 21.3 Å². The number of pyridine rings is 1. The van der Waals surface area contributed by atoms with Crippen LogP contribution in [0, 0.1) is 0 Å². The van der Waals surface area contributed by atoms with Crippen molar-refractivity contribution in [2.24, 2.45) is 0 Å². The molecular formula is C27H23NO6. The molecule has 2 heterocycles. The van der Waals surface area contributed by atoms with Crippen LogP contribution in [0.1, 0.15) is 23.5 Å². The third-order valence-electron chi connectivity index (χ3n) is 6.11. The topological polar surface area (TPSA) is 76.0 Å². The maximum Gasteiger partial charge on any atom is 0.312 e. The summed E-state index contributed by atoms with van der Waals surface area (Å²) >= 11 is 0. The maximum atomic E-state index is 14.0. The van der Waals surface area contributed by atoms with Crippen LogP contribution >= 0.6 is 0 Å². The molecule has 1 aliphatic rings. The predicted molar refractivity (Wildman–Crippen MR) is 128 cm³/mol. The number of fused-ring (bicyclic) bond motifs is 3. The van der Waals surface area contributed by atoms with Gasteiger partial charge < -0.3 is 18.9 Å². The molecular weight excluding hydrogens is 434 g/mol. The molecule has 7 heteroatoms. The van der Waals surface area contributed by atoms with Crippen LogP contribution in [0.2, 0.25) is 0 Å². The molecule has 0 saturated carbocycles. The van der Waals surface area contributed by atoms with Crippen LogP contribution in [-0.2, 0) is 4.79 Å². The number of carbonyl (C=O) groups is 1. The van der Waals surface area contributed by atoms with Gasteiger partial charge in [-0.15, -0.1) is 0 Å². The van der Waals surface area contributed by atoms with E-state index in [1.807, 2.05) is 54.6 Å². The number of hydrogen-bond acceptors (Lipinski definition) is 6. The third-order valence-corrected chi connectivity index (χ3v) is 6.11. The monoisotopic (exact) mass is 457 g/mol.